The summed E-state index contributed by atoms with van der Waals surface area (Å²) in [4.78, 5) is 22.5. The number of nitrogens with one attached hydrogen (secondary N) is 2. The molecule has 0 aliphatic carbocycles. The van der Waals surface area contributed by atoms with Crippen LogP contribution < -0.4 is 20.3 Å². The Labute approximate surface area is 153 Å². The molecule has 0 fully saturated rings. The van der Waals surface area contributed by atoms with Crippen LogP contribution in [0.4, 0.5) is 13.2 Å². The van der Waals surface area contributed by atoms with Gasteiger partial charge in [0.05, 0.1) is 5.56 Å². The highest BCUT2D eigenvalue weighted by Crippen LogP contribution is 2.31. The first-order valence-corrected chi connectivity index (χ1v) is 7.83. The zero-order chi connectivity index (χ0) is 20.0. The second-order valence-electron chi connectivity index (χ2n) is 5.53. The van der Waals surface area contributed by atoms with E-state index in [1.165, 1.54) is 26.0 Å². The summed E-state index contributed by atoms with van der Waals surface area (Å²) in [7, 11) is 0. The maximum atomic E-state index is 12.5. The van der Waals surface area contributed by atoms with E-state index in [-0.39, 0.29) is 5.75 Å². The fraction of sp³-hybridized carbons (Fsp3) is 0.222. The van der Waals surface area contributed by atoms with Gasteiger partial charge in [0.15, 0.2) is 6.10 Å². The van der Waals surface area contributed by atoms with Crippen LogP contribution >= 0.6 is 0 Å². The van der Waals surface area contributed by atoms with Crippen LogP contribution in [0.1, 0.15) is 19.4 Å². The second-order valence-corrected chi connectivity index (χ2v) is 5.53. The van der Waals surface area contributed by atoms with Gasteiger partial charge in [-0.15, -0.1) is 0 Å². The van der Waals surface area contributed by atoms with Crippen LogP contribution in [-0.4, -0.2) is 17.9 Å². The lowest BCUT2D eigenvalue weighted by Crippen LogP contribution is -2.46. The molecule has 27 heavy (non-hydrogen) atoms. The van der Waals surface area contributed by atoms with Gasteiger partial charge in [-0.3, -0.25) is 20.4 Å². The van der Waals surface area contributed by atoms with Crippen LogP contribution in [0.25, 0.3) is 0 Å². The zero-order valence-corrected chi connectivity index (χ0v) is 14.5. The molecule has 0 aliphatic heterocycles. The molecule has 2 amide bonds. The quantitative estimate of drug-likeness (QED) is 0.777. The molecule has 0 saturated carbocycles. The molecule has 6 nitrogen and oxygen atoms in total. The lowest BCUT2D eigenvalue weighted by molar-refractivity contribution is -0.137. The zero-order valence-electron chi connectivity index (χ0n) is 14.5. The third kappa shape index (κ3) is 6.21. The van der Waals surface area contributed by atoms with Gasteiger partial charge in [-0.2, -0.15) is 13.2 Å². The SMILES string of the molecule is CC(=O)NNC(=O)[C@@H](C)Oc1ccc(Oc2ccc(C(F)(F)F)cc2)cc1. The van der Waals surface area contributed by atoms with Gasteiger partial charge < -0.3 is 9.47 Å². The number of hydrazine groups is 1. The summed E-state index contributed by atoms with van der Waals surface area (Å²) in [5.41, 5.74) is 3.59. The van der Waals surface area contributed by atoms with Crippen LogP contribution in [0.2, 0.25) is 0 Å². The van der Waals surface area contributed by atoms with Crippen LogP contribution in [0, 0.1) is 0 Å². The molecule has 1 atom stereocenters. The molecule has 2 N–H and O–H groups in total. The molecule has 0 aliphatic rings. The van der Waals surface area contributed by atoms with Gasteiger partial charge in [0.25, 0.3) is 5.91 Å². The number of alkyl halides is 3. The molecular formula is C18H17F3N2O4. The Bertz CT molecular complexity index is 790. The van der Waals surface area contributed by atoms with Crippen molar-refractivity contribution in [3.8, 4) is 17.2 Å². The summed E-state index contributed by atoms with van der Waals surface area (Å²) < 4.78 is 48.5. The van der Waals surface area contributed by atoms with Crippen molar-refractivity contribution in [1.82, 2.24) is 10.9 Å². The molecule has 0 spiro atoms. The highest BCUT2D eigenvalue weighted by molar-refractivity contribution is 5.83. The molecule has 0 radical (unpaired) electrons. The van der Waals surface area contributed by atoms with E-state index in [9.17, 15) is 22.8 Å². The molecule has 2 aromatic rings. The smallest absolute Gasteiger partial charge is 0.416 e. The molecular weight excluding hydrogens is 365 g/mol. The highest BCUT2D eigenvalue weighted by atomic mass is 19.4. The molecule has 0 aromatic heterocycles. The van der Waals surface area contributed by atoms with E-state index in [1.54, 1.807) is 24.3 Å². The average molecular weight is 382 g/mol. The molecule has 0 saturated heterocycles. The first-order chi connectivity index (χ1) is 12.6. The van der Waals surface area contributed by atoms with Gasteiger partial charge in [0.2, 0.25) is 5.91 Å². The van der Waals surface area contributed by atoms with Gasteiger partial charge in [-0.25, -0.2) is 0 Å². The van der Waals surface area contributed by atoms with E-state index >= 15 is 0 Å². The third-order valence-corrected chi connectivity index (χ3v) is 3.28. The minimum Gasteiger partial charge on any atom is -0.481 e. The molecule has 0 bridgehead atoms. The predicted molar refractivity (Wildman–Crippen MR) is 90.0 cm³/mol. The Kier molecular flexibility index (Phi) is 6.27. The summed E-state index contributed by atoms with van der Waals surface area (Å²) in [5, 5.41) is 0. The Balaban J connectivity index is 1.93. The maximum absolute atomic E-state index is 12.5. The number of benzene rings is 2. The maximum Gasteiger partial charge on any atom is 0.416 e. The predicted octanol–water partition coefficient (Wildman–Crippen LogP) is 3.43. The van der Waals surface area contributed by atoms with Gasteiger partial charge in [0.1, 0.15) is 17.2 Å². The van der Waals surface area contributed by atoms with Crippen molar-refractivity contribution in [3.63, 3.8) is 0 Å². The summed E-state index contributed by atoms with van der Waals surface area (Å²) >= 11 is 0. The first kappa shape index (κ1) is 20.1. The summed E-state index contributed by atoms with van der Waals surface area (Å²) in [6.45, 7) is 2.75. The van der Waals surface area contributed by atoms with Crippen LogP contribution in [0.5, 0.6) is 17.2 Å². The molecule has 9 heteroatoms. The summed E-state index contributed by atoms with van der Waals surface area (Å²) in [6, 6.07) is 10.5. The number of amides is 2. The highest BCUT2D eigenvalue weighted by Gasteiger charge is 2.30. The summed E-state index contributed by atoms with van der Waals surface area (Å²) in [5.74, 6) is 0.0630. The number of halogens is 3. The number of rotatable bonds is 5. The van der Waals surface area contributed by atoms with E-state index in [4.69, 9.17) is 9.47 Å². The Morgan fingerprint density at radius 2 is 1.37 bits per heavy atom. The van der Waals surface area contributed by atoms with Crippen molar-refractivity contribution >= 4 is 11.8 Å². The average Bonchev–Trinajstić information content (AvgIpc) is 2.61. The monoisotopic (exact) mass is 382 g/mol. The molecule has 2 aromatic carbocycles. The van der Waals surface area contributed by atoms with Crippen LogP contribution in [0.3, 0.4) is 0 Å². The number of hydrogen-bond acceptors (Lipinski definition) is 4. The van der Waals surface area contributed by atoms with E-state index in [2.05, 4.69) is 10.9 Å². The molecule has 2 rings (SSSR count). The minimum atomic E-state index is -4.40. The largest absolute Gasteiger partial charge is 0.481 e. The van der Waals surface area contributed by atoms with E-state index in [0.29, 0.717) is 11.5 Å². The number of carbonyl (C=O) groups is 2. The van der Waals surface area contributed by atoms with Crippen molar-refractivity contribution in [2.24, 2.45) is 0 Å². The van der Waals surface area contributed by atoms with E-state index < -0.39 is 29.7 Å². The fourth-order valence-electron chi connectivity index (χ4n) is 1.94. The Morgan fingerprint density at radius 3 is 1.85 bits per heavy atom. The van der Waals surface area contributed by atoms with Crippen LogP contribution in [0.15, 0.2) is 48.5 Å². The van der Waals surface area contributed by atoms with Gasteiger partial charge >= 0.3 is 6.18 Å². The van der Waals surface area contributed by atoms with E-state index in [1.807, 2.05) is 0 Å². The second kappa shape index (κ2) is 8.43. The van der Waals surface area contributed by atoms with Gasteiger partial charge in [-0.05, 0) is 55.5 Å². The van der Waals surface area contributed by atoms with Crippen molar-refractivity contribution in [3.05, 3.63) is 54.1 Å². The Hall–Kier alpha value is -3.23. The third-order valence-electron chi connectivity index (χ3n) is 3.28. The topological polar surface area (TPSA) is 76.7 Å². The number of ether oxygens (including phenoxy) is 2. The lowest BCUT2D eigenvalue weighted by atomic mass is 10.2. The minimum absolute atomic E-state index is 0.250. The van der Waals surface area contributed by atoms with Gasteiger partial charge in [0, 0.05) is 6.92 Å². The van der Waals surface area contributed by atoms with Crippen LogP contribution in [-0.2, 0) is 15.8 Å². The number of hydrogen-bond donors (Lipinski definition) is 2. The lowest BCUT2D eigenvalue weighted by Gasteiger charge is -2.15. The normalized spacial score (nSPS) is 12.0. The molecule has 0 heterocycles. The van der Waals surface area contributed by atoms with Crippen molar-refractivity contribution in [1.29, 1.82) is 0 Å². The van der Waals surface area contributed by atoms with Crippen molar-refractivity contribution in [2.75, 3.05) is 0 Å². The standard InChI is InChI=1S/C18H17F3N2O4/c1-11(17(25)23-22-12(2)24)26-14-7-9-16(10-8-14)27-15-5-3-13(4-6-15)18(19,20)21/h3-11H,1-2H3,(H,22,24)(H,23,25)/t11-/m1/s1. The van der Waals surface area contributed by atoms with Crippen molar-refractivity contribution in [2.45, 2.75) is 26.1 Å². The molecule has 144 valence electrons. The summed E-state index contributed by atoms with van der Waals surface area (Å²) in [6.07, 6.45) is -5.26. The molecule has 0 unspecified atom stereocenters. The number of carbonyl (C=O) groups excluding carboxylic acids is 2. The first-order valence-electron chi connectivity index (χ1n) is 7.83. The Morgan fingerprint density at radius 1 is 0.889 bits per heavy atom. The van der Waals surface area contributed by atoms with Crippen molar-refractivity contribution < 1.29 is 32.2 Å². The fourth-order valence-corrected chi connectivity index (χ4v) is 1.94. The van der Waals surface area contributed by atoms with Gasteiger partial charge in [-0.1, -0.05) is 0 Å². The van der Waals surface area contributed by atoms with E-state index in [0.717, 1.165) is 12.1 Å².